The Kier molecular flexibility index (Phi) is 3.76. The standard InChI is InChI=1S/C10H18BN3O3/c1-9(2,15)10(3,4)17-11(16)7-5-13-8(12)14-6-7/h5-6,15-16H,1-4H3,(H2,12,13,14). The van der Waals surface area contributed by atoms with Gasteiger partial charge in [-0.3, -0.25) is 0 Å². The molecule has 1 heterocycles. The Labute approximate surface area is 101 Å². The molecule has 17 heavy (non-hydrogen) atoms. The largest absolute Gasteiger partial charge is 0.494 e. The number of nitrogens with zero attached hydrogens (tertiary/aromatic N) is 2. The molecule has 1 aromatic heterocycles. The molecule has 6 nitrogen and oxygen atoms in total. The Morgan fingerprint density at radius 2 is 1.71 bits per heavy atom. The van der Waals surface area contributed by atoms with Gasteiger partial charge in [0.15, 0.2) is 0 Å². The molecule has 0 spiro atoms. The van der Waals surface area contributed by atoms with Gasteiger partial charge in [-0.05, 0) is 27.7 Å². The molecule has 0 radical (unpaired) electrons. The summed E-state index contributed by atoms with van der Waals surface area (Å²) in [6.07, 6.45) is 2.76. The lowest BCUT2D eigenvalue weighted by Gasteiger charge is -2.38. The van der Waals surface area contributed by atoms with Crippen molar-refractivity contribution < 1.29 is 14.8 Å². The van der Waals surface area contributed by atoms with E-state index in [1.807, 2.05) is 0 Å². The van der Waals surface area contributed by atoms with E-state index in [0.717, 1.165) is 0 Å². The van der Waals surface area contributed by atoms with Gasteiger partial charge in [0, 0.05) is 17.9 Å². The molecule has 0 aromatic carbocycles. The Bertz CT molecular complexity index is 375. The molecule has 0 saturated carbocycles. The Morgan fingerprint density at radius 1 is 1.24 bits per heavy atom. The van der Waals surface area contributed by atoms with Crippen LogP contribution in [0.4, 0.5) is 5.95 Å². The summed E-state index contributed by atoms with van der Waals surface area (Å²) in [5, 5.41) is 19.8. The lowest BCUT2D eigenvalue weighted by atomic mass is 9.78. The first-order chi connectivity index (χ1) is 7.63. The van der Waals surface area contributed by atoms with Gasteiger partial charge in [0.1, 0.15) is 0 Å². The smallest absolute Gasteiger partial charge is 0.423 e. The number of aromatic nitrogens is 2. The van der Waals surface area contributed by atoms with Crippen LogP contribution in [0, 0.1) is 0 Å². The lowest BCUT2D eigenvalue weighted by molar-refractivity contribution is -0.0982. The summed E-state index contributed by atoms with van der Waals surface area (Å²) in [5.74, 6) is 0.127. The third-order valence-electron chi connectivity index (χ3n) is 2.86. The average molecular weight is 239 g/mol. The first-order valence-electron chi connectivity index (χ1n) is 5.29. The van der Waals surface area contributed by atoms with Gasteiger partial charge in [-0.2, -0.15) is 0 Å². The van der Waals surface area contributed by atoms with Crippen molar-refractivity contribution in [2.45, 2.75) is 38.9 Å². The van der Waals surface area contributed by atoms with Gasteiger partial charge in [-0.15, -0.1) is 0 Å². The molecule has 0 unspecified atom stereocenters. The Hall–Kier alpha value is -1.18. The van der Waals surface area contributed by atoms with Crippen LogP contribution < -0.4 is 11.2 Å². The van der Waals surface area contributed by atoms with Gasteiger partial charge in [0.25, 0.3) is 0 Å². The van der Waals surface area contributed by atoms with E-state index in [4.69, 9.17) is 10.4 Å². The molecule has 0 atom stereocenters. The van der Waals surface area contributed by atoms with Crippen LogP contribution in [0.3, 0.4) is 0 Å². The zero-order chi connectivity index (χ0) is 13.3. The summed E-state index contributed by atoms with van der Waals surface area (Å²) in [4.78, 5) is 7.51. The van der Waals surface area contributed by atoms with Gasteiger partial charge in [-0.25, -0.2) is 9.97 Å². The van der Waals surface area contributed by atoms with Crippen molar-refractivity contribution in [3.05, 3.63) is 12.4 Å². The highest BCUT2D eigenvalue weighted by Gasteiger charge is 2.39. The van der Waals surface area contributed by atoms with Crippen LogP contribution >= 0.6 is 0 Å². The lowest BCUT2D eigenvalue weighted by Crippen LogP contribution is -2.53. The number of aliphatic hydroxyl groups is 1. The zero-order valence-corrected chi connectivity index (χ0v) is 10.5. The number of hydrogen-bond acceptors (Lipinski definition) is 6. The molecular weight excluding hydrogens is 221 g/mol. The highest BCUT2D eigenvalue weighted by atomic mass is 16.5. The number of hydrogen-bond donors (Lipinski definition) is 3. The maximum Gasteiger partial charge on any atom is 0.494 e. The normalized spacial score (nSPS) is 12.6. The quantitative estimate of drug-likeness (QED) is 0.601. The summed E-state index contributed by atoms with van der Waals surface area (Å²) in [7, 11) is -1.21. The van der Waals surface area contributed by atoms with Gasteiger partial charge in [0.05, 0.1) is 11.2 Å². The maximum absolute atomic E-state index is 9.90. The molecule has 0 amide bonds. The first kappa shape index (κ1) is 13.9. The van der Waals surface area contributed by atoms with Crippen LogP contribution in [0.25, 0.3) is 0 Å². The third-order valence-corrected chi connectivity index (χ3v) is 2.86. The molecule has 94 valence electrons. The van der Waals surface area contributed by atoms with Crippen LogP contribution in [0.15, 0.2) is 12.4 Å². The van der Waals surface area contributed by atoms with Crippen molar-refractivity contribution in [1.29, 1.82) is 0 Å². The third kappa shape index (κ3) is 3.39. The minimum absolute atomic E-state index is 0.127. The summed E-state index contributed by atoms with van der Waals surface area (Å²) >= 11 is 0. The molecule has 1 aromatic rings. The van der Waals surface area contributed by atoms with Gasteiger partial charge >= 0.3 is 7.12 Å². The van der Waals surface area contributed by atoms with Crippen molar-refractivity contribution >= 4 is 18.5 Å². The predicted octanol–water partition coefficient (Wildman–Crippen LogP) is -0.688. The summed E-state index contributed by atoms with van der Waals surface area (Å²) < 4.78 is 5.41. The van der Waals surface area contributed by atoms with Gasteiger partial charge < -0.3 is 20.5 Å². The van der Waals surface area contributed by atoms with Crippen LogP contribution in [-0.4, -0.2) is 38.4 Å². The molecule has 0 aliphatic rings. The van der Waals surface area contributed by atoms with E-state index in [9.17, 15) is 10.1 Å². The van der Waals surface area contributed by atoms with E-state index in [0.29, 0.717) is 5.46 Å². The van der Waals surface area contributed by atoms with E-state index in [1.54, 1.807) is 27.7 Å². The number of rotatable bonds is 4. The molecule has 0 bridgehead atoms. The zero-order valence-electron chi connectivity index (χ0n) is 10.5. The average Bonchev–Trinajstić information content (AvgIpc) is 2.16. The molecule has 4 N–H and O–H groups in total. The van der Waals surface area contributed by atoms with Gasteiger partial charge in [-0.1, -0.05) is 0 Å². The maximum atomic E-state index is 9.90. The molecule has 0 aliphatic heterocycles. The van der Waals surface area contributed by atoms with Crippen molar-refractivity contribution in [3.63, 3.8) is 0 Å². The van der Waals surface area contributed by atoms with Crippen molar-refractivity contribution in [2.24, 2.45) is 0 Å². The second-order valence-electron chi connectivity index (χ2n) is 4.91. The second kappa shape index (κ2) is 4.60. The number of nitrogen functional groups attached to an aromatic ring is 1. The van der Waals surface area contributed by atoms with Crippen LogP contribution in [-0.2, 0) is 4.65 Å². The molecule has 1 rings (SSSR count). The number of anilines is 1. The van der Waals surface area contributed by atoms with Crippen LogP contribution in [0.1, 0.15) is 27.7 Å². The van der Waals surface area contributed by atoms with Crippen molar-refractivity contribution in [1.82, 2.24) is 9.97 Å². The Morgan fingerprint density at radius 3 is 2.12 bits per heavy atom. The van der Waals surface area contributed by atoms with E-state index in [1.165, 1.54) is 12.4 Å². The van der Waals surface area contributed by atoms with E-state index < -0.39 is 18.3 Å². The van der Waals surface area contributed by atoms with E-state index in [2.05, 4.69) is 9.97 Å². The van der Waals surface area contributed by atoms with Gasteiger partial charge in [0.2, 0.25) is 5.95 Å². The fourth-order valence-electron chi connectivity index (χ4n) is 0.967. The van der Waals surface area contributed by atoms with Crippen LogP contribution in [0.5, 0.6) is 0 Å². The molecular formula is C10H18BN3O3. The molecule has 0 saturated heterocycles. The second-order valence-corrected chi connectivity index (χ2v) is 4.91. The fraction of sp³-hybridized carbons (Fsp3) is 0.600. The van der Waals surface area contributed by atoms with Crippen molar-refractivity contribution in [2.75, 3.05) is 5.73 Å². The minimum atomic E-state index is -1.21. The summed E-state index contributed by atoms with van der Waals surface area (Å²) in [5.41, 5.74) is 3.71. The van der Waals surface area contributed by atoms with E-state index in [-0.39, 0.29) is 5.95 Å². The molecule has 7 heteroatoms. The number of nitrogens with two attached hydrogens (primary N) is 1. The van der Waals surface area contributed by atoms with E-state index >= 15 is 0 Å². The highest BCUT2D eigenvalue weighted by molar-refractivity contribution is 6.59. The molecule has 0 aliphatic carbocycles. The summed E-state index contributed by atoms with van der Waals surface area (Å²) in [6.45, 7) is 6.60. The minimum Gasteiger partial charge on any atom is -0.423 e. The predicted molar refractivity (Wildman–Crippen MR) is 65.5 cm³/mol. The highest BCUT2D eigenvalue weighted by Crippen LogP contribution is 2.25. The first-order valence-corrected chi connectivity index (χ1v) is 5.29. The van der Waals surface area contributed by atoms with Crippen molar-refractivity contribution in [3.8, 4) is 0 Å². The molecule has 0 fully saturated rings. The Balaban J connectivity index is 2.79. The fourth-order valence-corrected chi connectivity index (χ4v) is 0.967. The topological polar surface area (TPSA) is 101 Å². The van der Waals surface area contributed by atoms with Crippen LogP contribution in [0.2, 0.25) is 0 Å². The SMILES string of the molecule is CC(C)(O)C(C)(C)OB(O)c1cnc(N)nc1. The monoisotopic (exact) mass is 239 g/mol. The summed E-state index contributed by atoms with van der Waals surface area (Å²) in [6, 6.07) is 0.